The van der Waals surface area contributed by atoms with E-state index >= 15 is 0 Å². The zero-order valence-electron chi connectivity index (χ0n) is 12.4. The van der Waals surface area contributed by atoms with Crippen LogP contribution in [0.15, 0.2) is 24.3 Å². The van der Waals surface area contributed by atoms with E-state index in [2.05, 4.69) is 10.6 Å². The van der Waals surface area contributed by atoms with Crippen LogP contribution in [0.3, 0.4) is 0 Å². The van der Waals surface area contributed by atoms with E-state index in [4.69, 9.17) is 5.73 Å². The molecule has 1 aliphatic carbocycles. The highest BCUT2D eigenvalue weighted by Crippen LogP contribution is 2.28. The lowest BCUT2D eigenvalue weighted by atomic mass is 9.97. The van der Waals surface area contributed by atoms with E-state index in [-0.39, 0.29) is 23.7 Å². The predicted molar refractivity (Wildman–Crippen MR) is 82.6 cm³/mol. The summed E-state index contributed by atoms with van der Waals surface area (Å²) in [4.78, 5) is 23.2. The number of rotatable bonds is 7. The number of nitrogen functional groups attached to an aromatic ring is 1. The zero-order chi connectivity index (χ0) is 15.2. The number of benzene rings is 1. The summed E-state index contributed by atoms with van der Waals surface area (Å²) in [6.07, 6.45) is 2.43. The van der Waals surface area contributed by atoms with Gasteiger partial charge in [-0.2, -0.15) is 0 Å². The molecule has 1 atom stereocenters. The van der Waals surface area contributed by atoms with Gasteiger partial charge in [0.15, 0.2) is 0 Å². The van der Waals surface area contributed by atoms with Gasteiger partial charge in [-0.1, -0.05) is 19.1 Å². The van der Waals surface area contributed by atoms with Crippen LogP contribution in [0.4, 0.5) is 5.69 Å². The van der Waals surface area contributed by atoms with Gasteiger partial charge in [0.1, 0.15) is 0 Å². The molecule has 0 bridgehead atoms. The molecule has 2 rings (SSSR count). The maximum atomic E-state index is 11.8. The minimum atomic E-state index is -0.00000378. The first-order valence-electron chi connectivity index (χ1n) is 7.46. The van der Waals surface area contributed by atoms with E-state index in [1.165, 1.54) is 0 Å². The molecule has 5 nitrogen and oxygen atoms in total. The summed E-state index contributed by atoms with van der Waals surface area (Å²) in [7, 11) is 0. The molecule has 0 aromatic heterocycles. The van der Waals surface area contributed by atoms with Crippen molar-refractivity contribution >= 4 is 17.5 Å². The van der Waals surface area contributed by atoms with Crippen molar-refractivity contribution in [2.75, 3.05) is 18.8 Å². The van der Waals surface area contributed by atoms with E-state index in [0.717, 1.165) is 24.1 Å². The van der Waals surface area contributed by atoms with Crippen molar-refractivity contribution in [2.24, 2.45) is 5.92 Å². The molecule has 0 saturated heterocycles. The van der Waals surface area contributed by atoms with Gasteiger partial charge in [0.2, 0.25) is 11.8 Å². The number of hydrogen-bond donors (Lipinski definition) is 3. The second-order valence-corrected chi connectivity index (χ2v) is 5.69. The van der Waals surface area contributed by atoms with Crippen LogP contribution in [0.1, 0.15) is 37.7 Å². The minimum Gasteiger partial charge on any atom is -0.399 e. The molecule has 21 heavy (non-hydrogen) atoms. The normalized spacial score (nSPS) is 15.3. The molecular weight excluding hydrogens is 266 g/mol. The highest BCUT2D eigenvalue weighted by Gasteiger charge is 2.28. The predicted octanol–water partition coefficient (Wildman–Crippen LogP) is 1.40. The molecule has 0 radical (unpaired) electrons. The van der Waals surface area contributed by atoms with E-state index in [1.54, 1.807) is 0 Å². The highest BCUT2D eigenvalue weighted by molar-refractivity contribution is 5.81. The Morgan fingerprint density at radius 2 is 1.81 bits per heavy atom. The van der Waals surface area contributed by atoms with Crippen LogP contribution in [0.5, 0.6) is 0 Å². The van der Waals surface area contributed by atoms with Gasteiger partial charge in [-0.05, 0) is 36.5 Å². The molecular formula is C16H23N3O2. The van der Waals surface area contributed by atoms with Crippen LogP contribution in [-0.4, -0.2) is 24.9 Å². The van der Waals surface area contributed by atoms with Gasteiger partial charge in [0.05, 0.1) is 0 Å². The fourth-order valence-corrected chi connectivity index (χ4v) is 2.17. The molecule has 0 heterocycles. The molecule has 1 fully saturated rings. The number of nitrogens with two attached hydrogens (primary N) is 1. The summed E-state index contributed by atoms with van der Waals surface area (Å²) in [6.45, 7) is 2.99. The Kier molecular flexibility index (Phi) is 5.20. The zero-order valence-corrected chi connectivity index (χ0v) is 12.4. The second-order valence-electron chi connectivity index (χ2n) is 5.69. The van der Waals surface area contributed by atoms with E-state index in [9.17, 15) is 9.59 Å². The monoisotopic (exact) mass is 289 g/mol. The van der Waals surface area contributed by atoms with Gasteiger partial charge in [-0.3, -0.25) is 9.59 Å². The molecule has 0 spiro atoms. The summed E-state index contributed by atoms with van der Waals surface area (Å²) in [5, 5.41) is 5.65. The molecule has 5 heteroatoms. The number of carbonyl (C=O) groups is 2. The number of hydrogen-bond acceptors (Lipinski definition) is 3. The first-order chi connectivity index (χ1) is 10.1. The fraction of sp³-hybridized carbons (Fsp3) is 0.500. The fourth-order valence-electron chi connectivity index (χ4n) is 2.17. The third-order valence-corrected chi connectivity index (χ3v) is 3.69. The Balaban J connectivity index is 1.64. The molecule has 4 N–H and O–H groups in total. The van der Waals surface area contributed by atoms with Crippen LogP contribution in [0, 0.1) is 5.92 Å². The summed E-state index contributed by atoms with van der Waals surface area (Å²) in [5.74, 6) is 0.470. The SMILES string of the molecule is CC(CC(=O)NCCNC(=O)C1CC1)c1ccc(N)cc1. The Bertz CT molecular complexity index is 495. The van der Waals surface area contributed by atoms with Crippen LogP contribution in [0.2, 0.25) is 0 Å². The van der Waals surface area contributed by atoms with Crippen molar-refractivity contribution in [1.29, 1.82) is 0 Å². The van der Waals surface area contributed by atoms with Crippen molar-refractivity contribution in [2.45, 2.75) is 32.1 Å². The van der Waals surface area contributed by atoms with Crippen molar-refractivity contribution in [3.63, 3.8) is 0 Å². The molecule has 1 aliphatic rings. The van der Waals surface area contributed by atoms with E-state index in [1.807, 2.05) is 31.2 Å². The molecule has 114 valence electrons. The van der Waals surface area contributed by atoms with Crippen LogP contribution in [-0.2, 0) is 9.59 Å². The Morgan fingerprint density at radius 1 is 1.19 bits per heavy atom. The van der Waals surface area contributed by atoms with Gasteiger partial charge >= 0.3 is 0 Å². The quantitative estimate of drug-likeness (QED) is 0.524. The second kappa shape index (κ2) is 7.11. The van der Waals surface area contributed by atoms with Crippen molar-refractivity contribution in [3.05, 3.63) is 29.8 Å². The maximum absolute atomic E-state index is 11.8. The molecule has 2 amide bonds. The van der Waals surface area contributed by atoms with Crippen LogP contribution in [0.25, 0.3) is 0 Å². The lowest BCUT2D eigenvalue weighted by Gasteiger charge is -2.12. The third-order valence-electron chi connectivity index (χ3n) is 3.69. The largest absolute Gasteiger partial charge is 0.399 e. The average Bonchev–Trinajstić information content (AvgIpc) is 3.28. The lowest BCUT2D eigenvalue weighted by Crippen LogP contribution is -2.35. The molecule has 1 unspecified atom stereocenters. The summed E-state index contributed by atoms with van der Waals surface area (Å²) >= 11 is 0. The molecule has 1 aromatic carbocycles. The summed E-state index contributed by atoms with van der Waals surface area (Å²) in [5.41, 5.74) is 7.47. The summed E-state index contributed by atoms with van der Waals surface area (Å²) < 4.78 is 0. The lowest BCUT2D eigenvalue weighted by molar-refractivity contribution is -0.123. The van der Waals surface area contributed by atoms with Crippen molar-refractivity contribution in [3.8, 4) is 0 Å². The van der Waals surface area contributed by atoms with Gasteiger partial charge in [0.25, 0.3) is 0 Å². The van der Waals surface area contributed by atoms with Gasteiger partial charge in [-0.15, -0.1) is 0 Å². The Hall–Kier alpha value is -2.04. The third kappa shape index (κ3) is 5.10. The summed E-state index contributed by atoms with van der Waals surface area (Å²) in [6, 6.07) is 7.58. The Labute approximate surface area is 125 Å². The van der Waals surface area contributed by atoms with Crippen LogP contribution >= 0.6 is 0 Å². The standard InChI is InChI=1S/C16H23N3O2/c1-11(12-4-6-14(17)7-5-12)10-15(20)18-8-9-19-16(21)13-2-3-13/h4-7,11,13H,2-3,8-10,17H2,1H3,(H,18,20)(H,19,21). The molecule has 1 aromatic rings. The van der Waals surface area contributed by atoms with Gasteiger partial charge < -0.3 is 16.4 Å². The van der Waals surface area contributed by atoms with Crippen LogP contribution < -0.4 is 16.4 Å². The number of carbonyl (C=O) groups excluding carboxylic acids is 2. The first-order valence-corrected chi connectivity index (χ1v) is 7.46. The van der Waals surface area contributed by atoms with Gasteiger partial charge in [-0.25, -0.2) is 0 Å². The Morgan fingerprint density at radius 3 is 2.43 bits per heavy atom. The van der Waals surface area contributed by atoms with Crippen molar-refractivity contribution < 1.29 is 9.59 Å². The average molecular weight is 289 g/mol. The smallest absolute Gasteiger partial charge is 0.223 e. The van der Waals surface area contributed by atoms with E-state index in [0.29, 0.717) is 19.5 Å². The van der Waals surface area contributed by atoms with E-state index < -0.39 is 0 Å². The number of nitrogens with one attached hydrogen (secondary N) is 2. The highest BCUT2D eigenvalue weighted by atomic mass is 16.2. The topological polar surface area (TPSA) is 84.2 Å². The molecule has 1 saturated carbocycles. The van der Waals surface area contributed by atoms with Crippen molar-refractivity contribution in [1.82, 2.24) is 10.6 Å². The maximum Gasteiger partial charge on any atom is 0.223 e. The minimum absolute atomic E-state index is 0.00000378. The van der Waals surface area contributed by atoms with Gasteiger partial charge in [0, 0.05) is 31.1 Å². The first kappa shape index (κ1) is 15.4. The number of amides is 2. The number of anilines is 1. The molecule has 0 aliphatic heterocycles.